The van der Waals surface area contributed by atoms with Crippen molar-refractivity contribution in [2.75, 3.05) is 6.54 Å². The van der Waals surface area contributed by atoms with Crippen molar-refractivity contribution in [3.8, 4) is 6.07 Å². The van der Waals surface area contributed by atoms with Crippen molar-refractivity contribution in [2.45, 2.75) is 46.0 Å². The van der Waals surface area contributed by atoms with E-state index in [1.165, 1.54) is 25.7 Å². The monoisotopic (exact) mass is 180 g/mol. The molecule has 0 aromatic heterocycles. The molecule has 0 heterocycles. The van der Waals surface area contributed by atoms with Crippen LogP contribution in [-0.2, 0) is 0 Å². The second-order valence-electron chi connectivity index (χ2n) is 3.42. The molecule has 0 amide bonds. The molecule has 0 spiro atoms. The average molecular weight is 180 g/mol. The summed E-state index contributed by atoms with van der Waals surface area (Å²) in [7, 11) is 0. The number of rotatable bonds is 7. The van der Waals surface area contributed by atoms with Crippen LogP contribution < -0.4 is 0 Å². The molecule has 0 bridgehead atoms. The van der Waals surface area contributed by atoms with Gasteiger partial charge < -0.3 is 0 Å². The standard InChI is InChI=1S/C11H20N2/c1-3-4-5-6-8-13-9-7-11(2)10-12/h9,11H,3-8H2,1-2H3. The van der Waals surface area contributed by atoms with Crippen LogP contribution in [0.4, 0.5) is 0 Å². The lowest BCUT2D eigenvalue weighted by Crippen LogP contribution is -1.91. The van der Waals surface area contributed by atoms with E-state index in [4.69, 9.17) is 5.26 Å². The summed E-state index contributed by atoms with van der Waals surface area (Å²) in [6.07, 6.45) is 7.73. The van der Waals surface area contributed by atoms with Crippen molar-refractivity contribution in [3.63, 3.8) is 0 Å². The van der Waals surface area contributed by atoms with Gasteiger partial charge in [0.05, 0.1) is 6.07 Å². The minimum atomic E-state index is 0.111. The van der Waals surface area contributed by atoms with Crippen LogP contribution in [0.1, 0.15) is 46.0 Å². The third-order valence-corrected chi connectivity index (χ3v) is 1.95. The number of nitriles is 1. The molecule has 0 saturated heterocycles. The summed E-state index contributed by atoms with van der Waals surface area (Å²) in [5.74, 6) is 0.111. The van der Waals surface area contributed by atoms with Crippen LogP contribution in [0.5, 0.6) is 0 Å². The average Bonchev–Trinajstić information content (AvgIpc) is 2.16. The molecule has 0 aliphatic carbocycles. The molecule has 0 radical (unpaired) electrons. The molecule has 0 aromatic carbocycles. The summed E-state index contributed by atoms with van der Waals surface area (Å²) in [6, 6.07) is 2.18. The summed E-state index contributed by atoms with van der Waals surface area (Å²) >= 11 is 0. The Bertz CT molecular complexity index is 167. The van der Waals surface area contributed by atoms with Crippen LogP contribution in [0.15, 0.2) is 4.99 Å². The minimum Gasteiger partial charge on any atom is -0.297 e. The van der Waals surface area contributed by atoms with Crippen LogP contribution in [0, 0.1) is 17.2 Å². The fraction of sp³-hybridized carbons (Fsp3) is 0.818. The quantitative estimate of drug-likeness (QED) is 0.438. The van der Waals surface area contributed by atoms with Gasteiger partial charge in [-0.05, 0) is 26.0 Å². The van der Waals surface area contributed by atoms with Crippen LogP contribution >= 0.6 is 0 Å². The second-order valence-corrected chi connectivity index (χ2v) is 3.42. The summed E-state index contributed by atoms with van der Waals surface area (Å²) in [6.45, 7) is 5.05. The Balaban J connectivity index is 3.18. The van der Waals surface area contributed by atoms with Crippen LogP contribution in [0.3, 0.4) is 0 Å². The summed E-state index contributed by atoms with van der Waals surface area (Å²) < 4.78 is 0. The Morgan fingerprint density at radius 3 is 2.77 bits per heavy atom. The lowest BCUT2D eigenvalue weighted by molar-refractivity contribution is 0.674. The molecule has 0 aromatic rings. The largest absolute Gasteiger partial charge is 0.297 e. The van der Waals surface area contributed by atoms with Crippen molar-refractivity contribution < 1.29 is 0 Å². The number of hydrogen-bond donors (Lipinski definition) is 0. The van der Waals surface area contributed by atoms with Gasteiger partial charge in [0.15, 0.2) is 0 Å². The van der Waals surface area contributed by atoms with Crippen LogP contribution in [0.25, 0.3) is 0 Å². The Kier molecular flexibility index (Phi) is 8.65. The van der Waals surface area contributed by atoms with Crippen molar-refractivity contribution in [2.24, 2.45) is 10.9 Å². The SMILES string of the molecule is CCCCCCN=CCC(C)C#N. The maximum absolute atomic E-state index is 8.50. The Labute approximate surface area is 81.7 Å². The highest BCUT2D eigenvalue weighted by Crippen LogP contribution is 1.99. The van der Waals surface area contributed by atoms with Gasteiger partial charge in [-0.3, -0.25) is 4.99 Å². The lowest BCUT2D eigenvalue weighted by atomic mass is 10.1. The van der Waals surface area contributed by atoms with Crippen molar-refractivity contribution in [1.82, 2.24) is 0 Å². The summed E-state index contributed by atoms with van der Waals surface area (Å²) in [5.41, 5.74) is 0. The van der Waals surface area contributed by atoms with E-state index in [9.17, 15) is 0 Å². The normalized spacial score (nSPS) is 13.0. The number of nitrogens with zero attached hydrogens (tertiary/aromatic N) is 2. The zero-order chi connectivity index (χ0) is 9.94. The molecule has 74 valence electrons. The van der Waals surface area contributed by atoms with E-state index in [0.717, 1.165) is 13.0 Å². The van der Waals surface area contributed by atoms with Gasteiger partial charge in [-0.1, -0.05) is 26.2 Å². The van der Waals surface area contributed by atoms with E-state index in [1.807, 2.05) is 13.1 Å². The minimum absolute atomic E-state index is 0.111. The molecule has 0 rings (SSSR count). The highest BCUT2D eigenvalue weighted by molar-refractivity contribution is 5.57. The molecule has 0 aliphatic heterocycles. The summed E-state index contributed by atoms with van der Waals surface area (Å²) in [5, 5.41) is 8.50. The first kappa shape index (κ1) is 12.2. The van der Waals surface area contributed by atoms with Gasteiger partial charge in [0.1, 0.15) is 0 Å². The van der Waals surface area contributed by atoms with Gasteiger partial charge in [0.25, 0.3) is 0 Å². The third kappa shape index (κ3) is 9.07. The van der Waals surface area contributed by atoms with Gasteiger partial charge in [-0.2, -0.15) is 5.26 Å². The van der Waals surface area contributed by atoms with Gasteiger partial charge in [-0.15, -0.1) is 0 Å². The molecule has 0 N–H and O–H groups in total. The molecular formula is C11H20N2. The number of aliphatic imine (C=N–C) groups is 1. The first-order valence-electron chi connectivity index (χ1n) is 5.19. The zero-order valence-corrected chi connectivity index (χ0v) is 8.79. The predicted molar refractivity (Wildman–Crippen MR) is 56.9 cm³/mol. The predicted octanol–water partition coefficient (Wildman–Crippen LogP) is 3.19. The third-order valence-electron chi connectivity index (χ3n) is 1.95. The molecule has 0 fully saturated rings. The highest BCUT2D eigenvalue weighted by atomic mass is 14.7. The van der Waals surface area contributed by atoms with Gasteiger partial charge in [0, 0.05) is 12.5 Å². The summed E-state index contributed by atoms with van der Waals surface area (Å²) in [4.78, 5) is 4.25. The molecule has 13 heavy (non-hydrogen) atoms. The zero-order valence-electron chi connectivity index (χ0n) is 8.79. The van der Waals surface area contributed by atoms with Crippen molar-refractivity contribution in [3.05, 3.63) is 0 Å². The smallest absolute Gasteiger partial charge is 0.0656 e. The molecule has 0 aliphatic rings. The first-order valence-corrected chi connectivity index (χ1v) is 5.19. The van der Waals surface area contributed by atoms with E-state index in [0.29, 0.717) is 0 Å². The molecular weight excluding hydrogens is 160 g/mol. The second kappa shape index (κ2) is 9.25. The van der Waals surface area contributed by atoms with Gasteiger partial charge in [-0.25, -0.2) is 0 Å². The highest BCUT2D eigenvalue weighted by Gasteiger charge is 1.93. The van der Waals surface area contributed by atoms with Crippen molar-refractivity contribution in [1.29, 1.82) is 5.26 Å². The van der Waals surface area contributed by atoms with Crippen molar-refractivity contribution >= 4 is 6.21 Å². The van der Waals surface area contributed by atoms with E-state index in [-0.39, 0.29) is 5.92 Å². The van der Waals surface area contributed by atoms with E-state index in [2.05, 4.69) is 18.0 Å². The van der Waals surface area contributed by atoms with Crippen LogP contribution in [0.2, 0.25) is 0 Å². The molecule has 1 atom stereocenters. The Hall–Kier alpha value is -0.840. The van der Waals surface area contributed by atoms with E-state index in [1.54, 1.807) is 0 Å². The van der Waals surface area contributed by atoms with Gasteiger partial charge in [0.2, 0.25) is 0 Å². The maximum atomic E-state index is 8.50. The molecule has 1 unspecified atom stereocenters. The number of unbranched alkanes of at least 4 members (excludes halogenated alkanes) is 3. The molecule has 2 nitrogen and oxygen atoms in total. The van der Waals surface area contributed by atoms with Gasteiger partial charge >= 0.3 is 0 Å². The fourth-order valence-corrected chi connectivity index (χ4v) is 1.01. The Morgan fingerprint density at radius 2 is 2.15 bits per heavy atom. The lowest BCUT2D eigenvalue weighted by Gasteiger charge is -1.95. The Morgan fingerprint density at radius 1 is 1.38 bits per heavy atom. The van der Waals surface area contributed by atoms with E-state index >= 15 is 0 Å². The maximum Gasteiger partial charge on any atom is 0.0656 e. The molecule has 0 saturated carbocycles. The topological polar surface area (TPSA) is 36.1 Å². The van der Waals surface area contributed by atoms with E-state index < -0.39 is 0 Å². The van der Waals surface area contributed by atoms with Crippen LogP contribution in [-0.4, -0.2) is 12.8 Å². The molecule has 2 heteroatoms. The fourth-order valence-electron chi connectivity index (χ4n) is 1.01. The number of hydrogen-bond acceptors (Lipinski definition) is 2. The first-order chi connectivity index (χ1) is 6.31.